The molecule has 1 unspecified atom stereocenters. The van der Waals surface area contributed by atoms with E-state index in [0.717, 1.165) is 18.8 Å². The third-order valence-electron chi connectivity index (χ3n) is 4.36. The van der Waals surface area contributed by atoms with Gasteiger partial charge in [0.25, 0.3) is 0 Å². The van der Waals surface area contributed by atoms with E-state index in [2.05, 4.69) is 51.3 Å². The molecule has 0 spiro atoms. The van der Waals surface area contributed by atoms with Gasteiger partial charge in [0.05, 0.1) is 6.61 Å². The third kappa shape index (κ3) is 3.99. The van der Waals surface area contributed by atoms with Crippen LogP contribution in [0.1, 0.15) is 51.2 Å². The molecule has 1 aromatic rings. The molecule has 0 fully saturated rings. The van der Waals surface area contributed by atoms with Crippen molar-refractivity contribution >= 4 is 0 Å². The maximum Gasteiger partial charge on any atom is 0.122 e. The van der Waals surface area contributed by atoms with E-state index in [-0.39, 0.29) is 0 Å². The Hall–Kier alpha value is -1.02. The van der Waals surface area contributed by atoms with E-state index in [9.17, 15) is 0 Å². The summed E-state index contributed by atoms with van der Waals surface area (Å²) >= 11 is 0. The van der Waals surface area contributed by atoms with Gasteiger partial charge in [-0.1, -0.05) is 39.3 Å². The summed E-state index contributed by atoms with van der Waals surface area (Å²) < 4.78 is 5.55. The number of fused-ring (bicyclic) bond motifs is 1. The first kappa shape index (κ1) is 15.4. The fraction of sp³-hybridized carbons (Fsp3) is 0.667. The quantitative estimate of drug-likeness (QED) is 0.793. The Kier molecular flexibility index (Phi) is 5.09. The lowest BCUT2D eigenvalue weighted by Gasteiger charge is -2.30. The Balaban J connectivity index is 1.76. The monoisotopic (exact) mass is 275 g/mol. The van der Waals surface area contributed by atoms with Crippen LogP contribution in [-0.4, -0.2) is 19.7 Å². The molecule has 1 N–H and O–H groups in total. The molecule has 0 saturated heterocycles. The van der Waals surface area contributed by atoms with Crippen LogP contribution in [0.25, 0.3) is 0 Å². The van der Waals surface area contributed by atoms with Gasteiger partial charge in [0.1, 0.15) is 5.75 Å². The Morgan fingerprint density at radius 2 is 2.05 bits per heavy atom. The molecular formula is C18H29NO. The highest BCUT2D eigenvalue weighted by molar-refractivity contribution is 5.39. The average Bonchev–Trinajstić information content (AvgIpc) is 2.84. The molecule has 1 heterocycles. The largest absolute Gasteiger partial charge is 0.493 e. The number of nitrogens with one attached hydrogen (secondary N) is 1. The molecule has 112 valence electrons. The van der Waals surface area contributed by atoms with Crippen molar-refractivity contribution in [2.24, 2.45) is 5.41 Å². The molecule has 1 aliphatic heterocycles. The molecule has 0 aliphatic carbocycles. The number of rotatable bonds is 6. The maximum absolute atomic E-state index is 5.55. The first-order valence-electron chi connectivity index (χ1n) is 7.92. The topological polar surface area (TPSA) is 21.3 Å². The fourth-order valence-electron chi connectivity index (χ4n) is 3.08. The van der Waals surface area contributed by atoms with Gasteiger partial charge in [0, 0.05) is 12.5 Å². The molecule has 2 rings (SSSR count). The van der Waals surface area contributed by atoms with E-state index < -0.39 is 0 Å². The minimum Gasteiger partial charge on any atom is -0.493 e. The minimum absolute atomic E-state index is 0.347. The van der Waals surface area contributed by atoms with Crippen LogP contribution >= 0.6 is 0 Å². The lowest BCUT2D eigenvalue weighted by atomic mass is 9.83. The van der Waals surface area contributed by atoms with Gasteiger partial charge in [-0.25, -0.2) is 0 Å². The summed E-state index contributed by atoms with van der Waals surface area (Å²) in [6.07, 6.45) is 6.08. The SMILES string of the molecule is CNC(CCCCc1ccc2c(c1)CCO2)C(C)(C)C. The van der Waals surface area contributed by atoms with Crippen LogP contribution in [0.4, 0.5) is 0 Å². The Bertz CT molecular complexity index is 434. The van der Waals surface area contributed by atoms with Crippen LogP contribution in [0, 0.1) is 5.41 Å². The maximum atomic E-state index is 5.55. The van der Waals surface area contributed by atoms with Crippen LogP contribution in [-0.2, 0) is 12.8 Å². The lowest BCUT2D eigenvalue weighted by molar-refractivity contribution is 0.262. The summed E-state index contributed by atoms with van der Waals surface area (Å²) in [5.41, 5.74) is 3.20. The zero-order valence-corrected chi connectivity index (χ0v) is 13.5. The number of hydrogen-bond donors (Lipinski definition) is 1. The van der Waals surface area contributed by atoms with Crippen molar-refractivity contribution in [3.05, 3.63) is 29.3 Å². The molecule has 2 nitrogen and oxygen atoms in total. The predicted molar refractivity (Wildman–Crippen MR) is 85.5 cm³/mol. The highest BCUT2D eigenvalue weighted by atomic mass is 16.5. The highest BCUT2D eigenvalue weighted by Gasteiger charge is 2.22. The second-order valence-electron chi connectivity index (χ2n) is 6.99. The van der Waals surface area contributed by atoms with Crippen molar-refractivity contribution in [2.45, 2.75) is 58.9 Å². The second-order valence-corrected chi connectivity index (χ2v) is 6.99. The zero-order valence-electron chi connectivity index (χ0n) is 13.5. The molecule has 0 amide bonds. The summed E-state index contributed by atoms with van der Waals surface area (Å²) in [5.74, 6) is 1.09. The van der Waals surface area contributed by atoms with E-state index in [4.69, 9.17) is 4.74 Å². The number of unbranched alkanes of at least 4 members (excludes halogenated alkanes) is 1. The first-order chi connectivity index (χ1) is 9.50. The van der Waals surface area contributed by atoms with Crippen molar-refractivity contribution in [1.82, 2.24) is 5.32 Å². The van der Waals surface area contributed by atoms with Crippen LogP contribution < -0.4 is 10.1 Å². The molecule has 0 saturated carbocycles. The minimum atomic E-state index is 0.347. The number of hydrogen-bond acceptors (Lipinski definition) is 2. The van der Waals surface area contributed by atoms with Gasteiger partial charge in [-0.2, -0.15) is 0 Å². The van der Waals surface area contributed by atoms with Gasteiger partial charge in [0.2, 0.25) is 0 Å². The predicted octanol–water partition coefficient (Wildman–Crippen LogP) is 3.97. The smallest absolute Gasteiger partial charge is 0.122 e. The average molecular weight is 275 g/mol. The second kappa shape index (κ2) is 6.62. The van der Waals surface area contributed by atoms with Gasteiger partial charge in [-0.15, -0.1) is 0 Å². The molecule has 1 aliphatic rings. The molecule has 2 heteroatoms. The van der Waals surface area contributed by atoms with Crippen LogP contribution in [0.2, 0.25) is 0 Å². The summed E-state index contributed by atoms with van der Waals surface area (Å²) in [5, 5.41) is 3.46. The van der Waals surface area contributed by atoms with Crippen LogP contribution in [0.5, 0.6) is 5.75 Å². The molecule has 0 radical (unpaired) electrons. The van der Waals surface area contributed by atoms with Crippen LogP contribution in [0.15, 0.2) is 18.2 Å². The number of ether oxygens (including phenoxy) is 1. The van der Waals surface area contributed by atoms with Crippen molar-refractivity contribution < 1.29 is 4.74 Å². The zero-order chi connectivity index (χ0) is 14.6. The van der Waals surface area contributed by atoms with Crippen molar-refractivity contribution in [1.29, 1.82) is 0 Å². The van der Waals surface area contributed by atoms with Gasteiger partial charge >= 0.3 is 0 Å². The number of aryl methyl sites for hydroxylation is 1. The normalized spacial score (nSPS) is 15.8. The van der Waals surface area contributed by atoms with E-state index in [1.807, 2.05) is 0 Å². The summed E-state index contributed by atoms with van der Waals surface area (Å²) in [7, 11) is 2.08. The van der Waals surface area contributed by atoms with Gasteiger partial charge < -0.3 is 10.1 Å². The van der Waals surface area contributed by atoms with Crippen molar-refractivity contribution in [3.8, 4) is 5.75 Å². The summed E-state index contributed by atoms with van der Waals surface area (Å²) in [6.45, 7) is 7.80. The van der Waals surface area contributed by atoms with Crippen molar-refractivity contribution in [3.63, 3.8) is 0 Å². The summed E-state index contributed by atoms with van der Waals surface area (Å²) in [6, 6.07) is 7.31. The Labute approximate surface area is 123 Å². The Morgan fingerprint density at radius 1 is 1.25 bits per heavy atom. The molecular weight excluding hydrogens is 246 g/mol. The molecule has 1 atom stereocenters. The number of benzene rings is 1. The van der Waals surface area contributed by atoms with Gasteiger partial charge in [0.15, 0.2) is 0 Å². The van der Waals surface area contributed by atoms with Crippen LogP contribution in [0.3, 0.4) is 0 Å². The molecule has 1 aromatic carbocycles. The molecule has 20 heavy (non-hydrogen) atoms. The van der Waals surface area contributed by atoms with E-state index in [0.29, 0.717) is 11.5 Å². The first-order valence-corrected chi connectivity index (χ1v) is 7.92. The summed E-state index contributed by atoms with van der Waals surface area (Å²) in [4.78, 5) is 0. The van der Waals surface area contributed by atoms with Crippen molar-refractivity contribution in [2.75, 3.05) is 13.7 Å². The van der Waals surface area contributed by atoms with Gasteiger partial charge in [-0.3, -0.25) is 0 Å². The third-order valence-corrected chi connectivity index (χ3v) is 4.36. The van der Waals surface area contributed by atoms with E-state index >= 15 is 0 Å². The van der Waals surface area contributed by atoms with E-state index in [1.54, 1.807) is 0 Å². The molecule has 0 bridgehead atoms. The lowest BCUT2D eigenvalue weighted by Crippen LogP contribution is -2.37. The van der Waals surface area contributed by atoms with Gasteiger partial charge in [-0.05, 0) is 48.9 Å². The Morgan fingerprint density at radius 3 is 2.75 bits per heavy atom. The molecule has 0 aromatic heterocycles. The van der Waals surface area contributed by atoms with E-state index in [1.165, 1.54) is 36.8 Å². The highest BCUT2D eigenvalue weighted by Crippen LogP contribution is 2.27. The standard InChI is InChI=1S/C18H29NO/c1-18(2,3)17(19-4)8-6-5-7-14-9-10-16-15(13-14)11-12-20-16/h9-10,13,17,19H,5-8,11-12H2,1-4H3. The fourth-order valence-corrected chi connectivity index (χ4v) is 3.08.